The number of hydrogen-bond donors (Lipinski definition) is 0. The first kappa shape index (κ1) is 7.67. The molecule has 52 valence electrons. The summed E-state index contributed by atoms with van der Waals surface area (Å²) in [7, 11) is 0. The van der Waals surface area contributed by atoms with E-state index >= 15 is 0 Å². The lowest BCUT2D eigenvalue weighted by Crippen LogP contribution is -1.75. The zero-order chi connectivity index (χ0) is 7.23. The van der Waals surface area contributed by atoms with Gasteiger partial charge in [-0.15, -0.1) is 11.8 Å². The van der Waals surface area contributed by atoms with Crippen molar-refractivity contribution in [2.45, 2.75) is 12.7 Å². The Hall–Kier alpha value is -0.430. The summed E-state index contributed by atoms with van der Waals surface area (Å²) in [5, 5.41) is 0. The Kier molecular flexibility index (Phi) is 3.37. The van der Waals surface area contributed by atoms with Crippen molar-refractivity contribution >= 4 is 11.8 Å². The van der Waals surface area contributed by atoms with E-state index in [1.165, 1.54) is 5.56 Å². The van der Waals surface area contributed by atoms with Crippen molar-refractivity contribution in [1.82, 2.24) is 0 Å². The molecule has 2 radical (unpaired) electrons. The minimum Gasteiger partial charge on any atom is -0.148 e. The van der Waals surface area contributed by atoms with E-state index in [4.69, 9.17) is 0 Å². The van der Waals surface area contributed by atoms with Crippen LogP contribution in [0.1, 0.15) is 12.5 Å². The second-order valence-corrected chi connectivity index (χ2v) is 2.96. The Labute approximate surface area is 66.6 Å². The molecule has 1 heteroatoms. The molecule has 0 nitrogen and oxygen atoms in total. The molecule has 0 unspecified atom stereocenters. The summed E-state index contributed by atoms with van der Waals surface area (Å²) in [6, 6.07) is 10.4. The molecule has 0 aromatic heterocycles. The second-order valence-electron chi connectivity index (χ2n) is 1.98. The van der Waals surface area contributed by atoms with Gasteiger partial charge < -0.3 is 0 Å². The molecule has 0 amide bonds. The van der Waals surface area contributed by atoms with E-state index in [0.29, 0.717) is 0 Å². The SMILES string of the molecule is C[C]SCc1ccccc1. The maximum absolute atomic E-state index is 3.03. The van der Waals surface area contributed by atoms with Gasteiger partial charge in [0.15, 0.2) is 0 Å². The normalized spacial score (nSPS) is 9.70. The van der Waals surface area contributed by atoms with Crippen molar-refractivity contribution in [3.63, 3.8) is 0 Å². The van der Waals surface area contributed by atoms with Crippen molar-refractivity contribution < 1.29 is 0 Å². The van der Waals surface area contributed by atoms with E-state index in [1.54, 1.807) is 11.8 Å². The monoisotopic (exact) mass is 150 g/mol. The lowest BCUT2D eigenvalue weighted by atomic mass is 10.2. The van der Waals surface area contributed by atoms with Crippen LogP contribution in [0.4, 0.5) is 0 Å². The van der Waals surface area contributed by atoms with Crippen LogP contribution in [-0.2, 0) is 5.75 Å². The van der Waals surface area contributed by atoms with Crippen molar-refractivity contribution in [1.29, 1.82) is 0 Å². The topological polar surface area (TPSA) is 0 Å². The molecule has 0 heterocycles. The van der Waals surface area contributed by atoms with Gasteiger partial charge in [-0.3, -0.25) is 0 Å². The molecule has 0 aliphatic heterocycles. The molecule has 1 aromatic carbocycles. The highest BCUT2D eigenvalue weighted by Crippen LogP contribution is 2.12. The van der Waals surface area contributed by atoms with Gasteiger partial charge in [-0.05, 0) is 12.5 Å². The summed E-state index contributed by atoms with van der Waals surface area (Å²) in [5.41, 5.74) is 1.36. The van der Waals surface area contributed by atoms with Crippen molar-refractivity contribution in [3.8, 4) is 0 Å². The predicted octanol–water partition coefficient (Wildman–Crippen LogP) is 2.98. The van der Waals surface area contributed by atoms with Gasteiger partial charge in [0.2, 0.25) is 0 Å². The highest BCUT2D eigenvalue weighted by atomic mass is 32.2. The first-order chi connectivity index (χ1) is 4.93. The minimum absolute atomic E-state index is 1.04. The molecule has 1 aromatic rings. The van der Waals surface area contributed by atoms with Crippen LogP contribution >= 0.6 is 11.8 Å². The Bertz CT molecular complexity index is 169. The zero-order valence-corrected chi connectivity index (χ0v) is 6.82. The van der Waals surface area contributed by atoms with E-state index in [0.717, 1.165) is 5.75 Å². The third-order valence-corrected chi connectivity index (χ3v) is 1.99. The molecule has 1 rings (SSSR count). The van der Waals surface area contributed by atoms with Crippen LogP contribution in [0.15, 0.2) is 30.3 Å². The number of benzene rings is 1. The largest absolute Gasteiger partial charge is 0.148 e. The van der Waals surface area contributed by atoms with Gasteiger partial charge in [0, 0.05) is 11.5 Å². The first-order valence-corrected chi connectivity index (χ1v) is 4.24. The fraction of sp³-hybridized carbons (Fsp3) is 0.222. The van der Waals surface area contributed by atoms with Crippen molar-refractivity contribution in [2.24, 2.45) is 0 Å². The molecule has 0 atom stereocenters. The minimum atomic E-state index is 1.04. The maximum atomic E-state index is 3.03. The van der Waals surface area contributed by atoms with Crippen LogP contribution in [0.25, 0.3) is 0 Å². The summed E-state index contributed by atoms with van der Waals surface area (Å²) in [5.74, 6) is 4.07. The van der Waals surface area contributed by atoms with Crippen LogP contribution in [0, 0.1) is 5.75 Å². The Balaban J connectivity index is 2.43. The van der Waals surface area contributed by atoms with Gasteiger partial charge in [0.25, 0.3) is 0 Å². The Morgan fingerprint density at radius 3 is 2.60 bits per heavy atom. The van der Waals surface area contributed by atoms with Crippen LogP contribution in [0.2, 0.25) is 0 Å². The first-order valence-electron chi connectivity index (χ1n) is 3.26. The predicted molar refractivity (Wildman–Crippen MR) is 46.7 cm³/mol. The molecule has 0 saturated heterocycles. The zero-order valence-electron chi connectivity index (χ0n) is 6.00. The van der Waals surface area contributed by atoms with E-state index in [-0.39, 0.29) is 0 Å². The molecule has 0 N–H and O–H groups in total. The van der Waals surface area contributed by atoms with Gasteiger partial charge in [-0.25, -0.2) is 0 Å². The van der Waals surface area contributed by atoms with Crippen molar-refractivity contribution in [2.75, 3.05) is 0 Å². The number of thioether (sulfide) groups is 1. The Morgan fingerprint density at radius 2 is 2.00 bits per heavy atom. The summed E-state index contributed by atoms with van der Waals surface area (Å²) in [6.07, 6.45) is 0. The van der Waals surface area contributed by atoms with Gasteiger partial charge in [-0.1, -0.05) is 30.3 Å². The molecule has 0 spiro atoms. The number of hydrogen-bond acceptors (Lipinski definition) is 1. The molecule has 10 heavy (non-hydrogen) atoms. The van der Waals surface area contributed by atoms with Gasteiger partial charge in [-0.2, -0.15) is 0 Å². The van der Waals surface area contributed by atoms with E-state index in [1.807, 2.05) is 13.0 Å². The third-order valence-electron chi connectivity index (χ3n) is 1.23. The number of rotatable bonds is 3. The summed E-state index contributed by atoms with van der Waals surface area (Å²) < 4.78 is 0. The summed E-state index contributed by atoms with van der Waals surface area (Å²) in [6.45, 7) is 1.94. The van der Waals surface area contributed by atoms with Crippen LogP contribution in [0.5, 0.6) is 0 Å². The highest BCUT2D eigenvalue weighted by Gasteiger charge is 1.88. The fourth-order valence-electron chi connectivity index (χ4n) is 0.730. The third kappa shape index (κ3) is 2.44. The highest BCUT2D eigenvalue weighted by molar-refractivity contribution is 8.00. The second kappa shape index (κ2) is 4.40. The van der Waals surface area contributed by atoms with E-state index in [9.17, 15) is 0 Å². The summed E-state index contributed by atoms with van der Waals surface area (Å²) >= 11 is 1.71. The smallest absolute Gasteiger partial charge is 0.0450 e. The van der Waals surface area contributed by atoms with E-state index < -0.39 is 0 Å². The molecule has 0 saturated carbocycles. The molecule has 0 fully saturated rings. The molecule has 0 aliphatic rings. The average Bonchev–Trinajstić information content (AvgIpc) is 2.03. The fourth-order valence-corrected chi connectivity index (χ4v) is 1.23. The summed E-state index contributed by atoms with van der Waals surface area (Å²) in [4.78, 5) is 0. The quantitative estimate of drug-likeness (QED) is 0.638. The molecule has 0 bridgehead atoms. The van der Waals surface area contributed by atoms with Crippen LogP contribution in [-0.4, -0.2) is 0 Å². The van der Waals surface area contributed by atoms with Crippen LogP contribution in [0.3, 0.4) is 0 Å². The lowest BCUT2D eigenvalue weighted by Gasteiger charge is -1.95. The van der Waals surface area contributed by atoms with E-state index in [2.05, 4.69) is 30.0 Å². The Morgan fingerprint density at radius 1 is 1.30 bits per heavy atom. The standard InChI is InChI=1S/C9H10S/c1-2-10-8-9-6-4-3-5-7-9/h3-7H,8H2,1H3. The van der Waals surface area contributed by atoms with Crippen LogP contribution < -0.4 is 0 Å². The van der Waals surface area contributed by atoms with Crippen molar-refractivity contribution in [3.05, 3.63) is 41.6 Å². The van der Waals surface area contributed by atoms with Gasteiger partial charge >= 0.3 is 0 Å². The van der Waals surface area contributed by atoms with Gasteiger partial charge in [0.05, 0.1) is 0 Å². The molecular weight excluding hydrogens is 140 g/mol. The van der Waals surface area contributed by atoms with Gasteiger partial charge in [0.1, 0.15) is 0 Å². The average molecular weight is 150 g/mol. The lowest BCUT2D eigenvalue weighted by molar-refractivity contribution is 1.42. The molecular formula is C9H10S. The molecule has 0 aliphatic carbocycles. The maximum Gasteiger partial charge on any atom is 0.0450 e.